The van der Waals surface area contributed by atoms with Gasteiger partial charge in [0.25, 0.3) is 0 Å². The van der Waals surface area contributed by atoms with Crippen LogP contribution in [0.2, 0.25) is 0 Å². The number of methoxy groups -OCH3 is 1. The first-order valence-electron chi connectivity index (χ1n) is 19.6. The lowest BCUT2D eigenvalue weighted by molar-refractivity contribution is 0.259. The molecule has 49 heavy (non-hydrogen) atoms. The number of hydrogen-bond acceptors (Lipinski definition) is 5. The standard InChI is InChI=1S/C44H64O5/c1-7-11-15-19-23-46-41-29-36-34-27-33(5)40(45-6)28-35(34)37-30-42(47-24-20-16-12-8-2)44(49-26-22-18-14-10-4)32-39(37)38(36)31-43(41)48-25-21-17-13-9-3/h27-32H,7-26H2,1-6H3. The van der Waals surface area contributed by atoms with Gasteiger partial charge in [0.15, 0.2) is 23.0 Å². The van der Waals surface area contributed by atoms with Gasteiger partial charge in [0.2, 0.25) is 0 Å². The Morgan fingerprint density at radius 3 is 0.878 bits per heavy atom. The molecule has 4 aromatic rings. The Balaban J connectivity index is 1.88. The lowest BCUT2D eigenvalue weighted by Crippen LogP contribution is -2.04. The smallest absolute Gasteiger partial charge is 0.161 e. The lowest BCUT2D eigenvalue weighted by Gasteiger charge is -2.20. The Labute approximate surface area is 297 Å². The summed E-state index contributed by atoms with van der Waals surface area (Å²) in [4.78, 5) is 0. The molecule has 0 atom stereocenters. The van der Waals surface area contributed by atoms with Gasteiger partial charge >= 0.3 is 0 Å². The molecule has 0 fully saturated rings. The summed E-state index contributed by atoms with van der Waals surface area (Å²) in [6, 6.07) is 13.3. The topological polar surface area (TPSA) is 46.2 Å². The molecule has 5 nitrogen and oxygen atoms in total. The van der Waals surface area contributed by atoms with Crippen LogP contribution < -0.4 is 23.7 Å². The molecule has 0 aromatic heterocycles. The summed E-state index contributed by atoms with van der Waals surface area (Å²) < 4.78 is 31.9. The average Bonchev–Trinajstić information content (AvgIpc) is 3.11. The fourth-order valence-corrected chi connectivity index (χ4v) is 6.66. The number of aryl methyl sites for hydroxylation is 1. The Morgan fingerprint density at radius 1 is 0.347 bits per heavy atom. The molecule has 0 radical (unpaired) electrons. The third-order valence-electron chi connectivity index (χ3n) is 9.60. The van der Waals surface area contributed by atoms with Gasteiger partial charge in [-0.05, 0) is 107 Å². The van der Waals surface area contributed by atoms with Gasteiger partial charge in [-0.25, -0.2) is 0 Å². The molecule has 4 rings (SSSR count). The van der Waals surface area contributed by atoms with Crippen LogP contribution in [0.1, 0.15) is 136 Å². The van der Waals surface area contributed by atoms with Crippen LogP contribution in [0.25, 0.3) is 32.3 Å². The molecule has 0 bridgehead atoms. The summed E-state index contributed by atoms with van der Waals surface area (Å²) in [5, 5.41) is 6.85. The van der Waals surface area contributed by atoms with Crippen molar-refractivity contribution in [2.24, 2.45) is 0 Å². The third kappa shape index (κ3) is 10.8. The number of fused-ring (bicyclic) bond motifs is 6. The van der Waals surface area contributed by atoms with Crippen molar-refractivity contribution in [1.82, 2.24) is 0 Å². The van der Waals surface area contributed by atoms with Crippen molar-refractivity contribution in [3.63, 3.8) is 0 Å². The van der Waals surface area contributed by atoms with Crippen molar-refractivity contribution < 1.29 is 23.7 Å². The van der Waals surface area contributed by atoms with Crippen LogP contribution in [0.15, 0.2) is 36.4 Å². The van der Waals surface area contributed by atoms with Crippen LogP contribution >= 0.6 is 0 Å². The second-order valence-corrected chi connectivity index (χ2v) is 13.7. The first-order valence-corrected chi connectivity index (χ1v) is 19.6. The zero-order chi connectivity index (χ0) is 34.8. The Kier molecular flexibility index (Phi) is 16.5. The molecule has 0 heterocycles. The van der Waals surface area contributed by atoms with Gasteiger partial charge in [0, 0.05) is 0 Å². The molecular formula is C44H64O5. The summed E-state index contributed by atoms with van der Waals surface area (Å²) in [5.74, 6) is 4.17. The molecule has 0 aliphatic heterocycles. The Bertz CT molecular complexity index is 1580. The van der Waals surface area contributed by atoms with Gasteiger partial charge in [-0.2, -0.15) is 0 Å². The van der Waals surface area contributed by atoms with E-state index in [1.165, 1.54) is 82.4 Å². The fraction of sp³-hybridized carbons (Fsp3) is 0.591. The minimum absolute atomic E-state index is 0.679. The molecule has 0 aliphatic rings. The largest absolute Gasteiger partial charge is 0.496 e. The fourth-order valence-electron chi connectivity index (χ4n) is 6.66. The van der Waals surface area contributed by atoms with Crippen molar-refractivity contribution in [1.29, 1.82) is 0 Å². The normalized spacial score (nSPS) is 11.5. The molecule has 0 aliphatic carbocycles. The molecule has 0 amide bonds. The molecule has 0 unspecified atom stereocenters. The van der Waals surface area contributed by atoms with E-state index in [0.717, 1.165) is 86.9 Å². The number of unbranched alkanes of at least 4 members (excludes halogenated alkanes) is 12. The summed E-state index contributed by atoms with van der Waals surface area (Å²) >= 11 is 0. The highest BCUT2D eigenvalue weighted by Crippen LogP contribution is 2.46. The minimum atomic E-state index is 0.679. The maximum atomic E-state index is 6.53. The van der Waals surface area contributed by atoms with Crippen LogP contribution in [-0.2, 0) is 0 Å². The molecule has 0 saturated heterocycles. The maximum absolute atomic E-state index is 6.53. The number of ether oxygens (including phenoxy) is 5. The van der Waals surface area contributed by atoms with E-state index in [1.54, 1.807) is 7.11 Å². The predicted octanol–water partition coefficient (Wildman–Crippen LogP) is 13.3. The molecule has 0 spiro atoms. The van der Waals surface area contributed by atoms with Crippen LogP contribution in [0.5, 0.6) is 28.7 Å². The third-order valence-corrected chi connectivity index (χ3v) is 9.60. The van der Waals surface area contributed by atoms with Gasteiger partial charge in [-0.3, -0.25) is 0 Å². The quantitative estimate of drug-likeness (QED) is 0.0518. The van der Waals surface area contributed by atoms with Crippen molar-refractivity contribution in [2.45, 2.75) is 137 Å². The molecule has 0 saturated carbocycles. The van der Waals surface area contributed by atoms with Crippen molar-refractivity contribution in [3.8, 4) is 28.7 Å². The Morgan fingerprint density at radius 2 is 0.612 bits per heavy atom. The SMILES string of the molecule is CCCCCCOc1cc2c3cc(C)c(OC)cc3c3cc(OCCCCCC)c(OCCCCCC)cc3c2cc1OCCCCCC. The highest BCUT2D eigenvalue weighted by molar-refractivity contribution is 6.26. The number of hydrogen-bond donors (Lipinski definition) is 0. The zero-order valence-corrected chi connectivity index (χ0v) is 31.6. The molecule has 0 N–H and O–H groups in total. The van der Waals surface area contributed by atoms with Crippen LogP contribution in [0.3, 0.4) is 0 Å². The van der Waals surface area contributed by atoms with Crippen molar-refractivity contribution >= 4 is 32.3 Å². The molecule has 4 aromatic carbocycles. The van der Waals surface area contributed by atoms with E-state index in [9.17, 15) is 0 Å². The van der Waals surface area contributed by atoms with Crippen LogP contribution in [0, 0.1) is 6.92 Å². The van der Waals surface area contributed by atoms with Gasteiger partial charge in [-0.15, -0.1) is 0 Å². The molecule has 5 heteroatoms. The van der Waals surface area contributed by atoms with E-state index in [0.29, 0.717) is 26.4 Å². The van der Waals surface area contributed by atoms with E-state index in [-0.39, 0.29) is 0 Å². The van der Waals surface area contributed by atoms with Crippen molar-refractivity contribution in [2.75, 3.05) is 33.5 Å². The van der Waals surface area contributed by atoms with E-state index < -0.39 is 0 Å². The second kappa shape index (κ2) is 21.0. The first kappa shape index (κ1) is 38.5. The highest BCUT2D eigenvalue weighted by atomic mass is 16.5. The predicted molar refractivity (Wildman–Crippen MR) is 209 cm³/mol. The van der Waals surface area contributed by atoms with Gasteiger partial charge in [0.1, 0.15) is 5.75 Å². The lowest BCUT2D eigenvalue weighted by atomic mass is 9.92. The summed E-state index contributed by atoms with van der Waals surface area (Å²) in [7, 11) is 1.75. The van der Waals surface area contributed by atoms with E-state index in [2.05, 4.69) is 71.0 Å². The van der Waals surface area contributed by atoms with Crippen LogP contribution in [0.4, 0.5) is 0 Å². The Hall–Kier alpha value is -3.34. The number of rotatable bonds is 25. The molecular weight excluding hydrogens is 608 g/mol. The monoisotopic (exact) mass is 672 g/mol. The number of benzene rings is 4. The van der Waals surface area contributed by atoms with Gasteiger partial charge in [-0.1, -0.05) is 105 Å². The second-order valence-electron chi connectivity index (χ2n) is 13.7. The minimum Gasteiger partial charge on any atom is -0.496 e. The zero-order valence-electron chi connectivity index (χ0n) is 31.6. The average molecular weight is 673 g/mol. The van der Waals surface area contributed by atoms with Gasteiger partial charge in [0.05, 0.1) is 33.5 Å². The van der Waals surface area contributed by atoms with E-state index in [4.69, 9.17) is 23.7 Å². The van der Waals surface area contributed by atoms with Gasteiger partial charge < -0.3 is 23.7 Å². The van der Waals surface area contributed by atoms with E-state index in [1.807, 2.05) is 0 Å². The van der Waals surface area contributed by atoms with Crippen LogP contribution in [-0.4, -0.2) is 33.5 Å². The van der Waals surface area contributed by atoms with E-state index >= 15 is 0 Å². The molecule has 270 valence electrons. The summed E-state index contributed by atoms with van der Waals surface area (Å²) in [5.41, 5.74) is 1.10. The maximum Gasteiger partial charge on any atom is 0.161 e. The first-order chi connectivity index (χ1) is 24.1. The van der Waals surface area contributed by atoms with Crippen molar-refractivity contribution in [3.05, 3.63) is 42.0 Å². The summed E-state index contributed by atoms with van der Waals surface area (Å²) in [6.45, 7) is 13.8. The summed E-state index contributed by atoms with van der Waals surface area (Å²) in [6.07, 6.45) is 18.6. The highest BCUT2D eigenvalue weighted by Gasteiger charge is 2.19.